The maximum atomic E-state index is 12.7. The topological polar surface area (TPSA) is 46.1 Å². The zero-order valence-electron chi connectivity index (χ0n) is 10.9. The minimum absolute atomic E-state index is 0.0797. The van der Waals surface area contributed by atoms with Crippen LogP contribution in [0, 0.1) is 12.3 Å². The van der Waals surface area contributed by atoms with E-state index in [2.05, 4.69) is 9.97 Å². The van der Waals surface area contributed by atoms with Gasteiger partial charge in [0.05, 0.1) is 17.3 Å². The van der Waals surface area contributed by atoms with E-state index < -0.39 is 0 Å². The molecule has 4 nitrogen and oxygen atoms in total. The third-order valence-electron chi connectivity index (χ3n) is 4.34. The Morgan fingerprint density at radius 3 is 2.67 bits per heavy atom. The van der Waals surface area contributed by atoms with E-state index in [0.717, 1.165) is 37.3 Å². The van der Waals surface area contributed by atoms with Gasteiger partial charge in [-0.2, -0.15) is 0 Å². The summed E-state index contributed by atoms with van der Waals surface area (Å²) in [6, 6.07) is 0. The summed E-state index contributed by atoms with van der Waals surface area (Å²) in [5.74, 6) is 1.00. The molecule has 3 rings (SSSR count). The predicted molar refractivity (Wildman–Crippen MR) is 69.3 cm³/mol. The van der Waals surface area contributed by atoms with E-state index in [0.29, 0.717) is 0 Å². The molecule has 2 heterocycles. The molecule has 1 amide bonds. The van der Waals surface area contributed by atoms with Gasteiger partial charge in [0, 0.05) is 12.7 Å². The largest absolute Gasteiger partial charge is 0.295 e. The predicted octanol–water partition coefficient (Wildman–Crippen LogP) is 2.47. The van der Waals surface area contributed by atoms with Gasteiger partial charge in [0.25, 0.3) is 0 Å². The third-order valence-corrected chi connectivity index (χ3v) is 4.34. The van der Waals surface area contributed by atoms with E-state index >= 15 is 0 Å². The summed E-state index contributed by atoms with van der Waals surface area (Å²) in [7, 11) is 0. The fraction of sp³-hybridized carbons (Fsp3) is 0.643. The van der Waals surface area contributed by atoms with Crippen LogP contribution in [0.15, 0.2) is 12.4 Å². The molecule has 1 spiro atoms. The van der Waals surface area contributed by atoms with Crippen molar-refractivity contribution in [3.05, 3.63) is 18.1 Å². The van der Waals surface area contributed by atoms with Crippen LogP contribution in [0.5, 0.6) is 0 Å². The van der Waals surface area contributed by atoms with Crippen LogP contribution in [0.25, 0.3) is 0 Å². The van der Waals surface area contributed by atoms with Crippen molar-refractivity contribution in [1.82, 2.24) is 9.97 Å². The van der Waals surface area contributed by atoms with Gasteiger partial charge in [-0.05, 0) is 26.2 Å². The highest BCUT2D eigenvalue weighted by Crippen LogP contribution is 2.45. The normalized spacial score (nSPS) is 22.7. The van der Waals surface area contributed by atoms with E-state index in [9.17, 15) is 4.79 Å². The van der Waals surface area contributed by atoms with Crippen LogP contribution in [0.3, 0.4) is 0 Å². The molecule has 0 bridgehead atoms. The van der Waals surface area contributed by atoms with Crippen molar-refractivity contribution in [1.29, 1.82) is 0 Å². The van der Waals surface area contributed by atoms with Crippen molar-refractivity contribution in [3.8, 4) is 0 Å². The highest BCUT2D eigenvalue weighted by molar-refractivity contribution is 5.99. The lowest BCUT2D eigenvalue weighted by molar-refractivity contribution is -0.127. The molecular weight excluding hydrogens is 226 g/mol. The number of anilines is 1. The molecule has 1 saturated carbocycles. The van der Waals surface area contributed by atoms with Gasteiger partial charge in [0.2, 0.25) is 5.91 Å². The fourth-order valence-electron chi connectivity index (χ4n) is 3.31. The van der Waals surface area contributed by atoms with Crippen LogP contribution in [0.1, 0.15) is 44.2 Å². The smallest absolute Gasteiger partial charge is 0.234 e. The Hall–Kier alpha value is -1.45. The molecular formula is C14H19N3O. The second-order valence-electron chi connectivity index (χ2n) is 5.57. The number of nitrogens with zero attached hydrogens (tertiary/aromatic N) is 3. The maximum absolute atomic E-state index is 12.7. The summed E-state index contributed by atoms with van der Waals surface area (Å²) in [6.07, 6.45) is 10.2. The number of rotatable bonds is 1. The van der Waals surface area contributed by atoms with Crippen LogP contribution in [0.2, 0.25) is 0 Å². The van der Waals surface area contributed by atoms with E-state index in [1.807, 2.05) is 11.8 Å². The minimum Gasteiger partial charge on any atom is -0.295 e. The Kier molecular flexibility index (Phi) is 2.80. The molecule has 1 aliphatic carbocycles. The minimum atomic E-state index is -0.0797. The lowest BCUT2D eigenvalue weighted by Gasteiger charge is -2.31. The Morgan fingerprint density at radius 2 is 1.94 bits per heavy atom. The first-order valence-corrected chi connectivity index (χ1v) is 6.82. The van der Waals surface area contributed by atoms with Gasteiger partial charge in [-0.25, -0.2) is 4.98 Å². The molecule has 96 valence electrons. The standard InChI is InChI=1S/C14H19N3O/c1-11-9-15-10-12(16-11)17-8-7-14(13(17)18)5-3-2-4-6-14/h9-10H,2-8H2,1H3. The lowest BCUT2D eigenvalue weighted by Crippen LogP contribution is -2.36. The molecule has 0 atom stereocenters. The molecule has 0 N–H and O–H groups in total. The highest BCUT2D eigenvalue weighted by atomic mass is 16.2. The van der Waals surface area contributed by atoms with Crippen LogP contribution in [-0.2, 0) is 4.79 Å². The number of amides is 1. The second-order valence-corrected chi connectivity index (χ2v) is 5.57. The van der Waals surface area contributed by atoms with Crippen molar-refractivity contribution in [3.63, 3.8) is 0 Å². The van der Waals surface area contributed by atoms with Gasteiger partial charge in [-0.1, -0.05) is 19.3 Å². The zero-order chi connectivity index (χ0) is 12.6. The summed E-state index contributed by atoms with van der Waals surface area (Å²) in [5.41, 5.74) is 0.786. The molecule has 0 aromatic carbocycles. The molecule has 18 heavy (non-hydrogen) atoms. The fourth-order valence-corrected chi connectivity index (χ4v) is 3.31. The maximum Gasteiger partial charge on any atom is 0.234 e. The summed E-state index contributed by atoms with van der Waals surface area (Å²) in [6.45, 7) is 2.71. The Morgan fingerprint density at radius 1 is 1.17 bits per heavy atom. The van der Waals surface area contributed by atoms with Gasteiger partial charge in [0.15, 0.2) is 5.82 Å². The van der Waals surface area contributed by atoms with E-state index in [-0.39, 0.29) is 11.3 Å². The van der Waals surface area contributed by atoms with Crippen molar-refractivity contribution in [2.45, 2.75) is 45.4 Å². The number of carbonyl (C=O) groups is 1. The molecule has 1 aromatic heterocycles. The van der Waals surface area contributed by atoms with E-state index in [1.165, 1.54) is 19.3 Å². The molecule has 2 fully saturated rings. The van der Waals surface area contributed by atoms with Gasteiger partial charge < -0.3 is 0 Å². The lowest BCUT2D eigenvalue weighted by atomic mass is 9.73. The summed E-state index contributed by atoms with van der Waals surface area (Å²) < 4.78 is 0. The number of carbonyl (C=O) groups excluding carboxylic acids is 1. The van der Waals surface area contributed by atoms with Crippen molar-refractivity contribution < 1.29 is 4.79 Å². The van der Waals surface area contributed by atoms with Crippen molar-refractivity contribution in [2.24, 2.45) is 5.41 Å². The van der Waals surface area contributed by atoms with Crippen LogP contribution in [-0.4, -0.2) is 22.4 Å². The van der Waals surface area contributed by atoms with E-state index in [4.69, 9.17) is 0 Å². The summed E-state index contributed by atoms with van der Waals surface area (Å²) >= 11 is 0. The molecule has 1 aliphatic heterocycles. The molecule has 1 aromatic rings. The number of hydrogen-bond donors (Lipinski definition) is 0. The molecule has 1 saturated heterocycles. The highest BCUT2D eigenvalue weighted by Gasteiger charge is 2.47. The Balaban J connectivity index is 1.86. The molecule has 4 heteroatoms. The Bertz CT molecular complexity index is 466. The van der Waals surface area contributed by atoms with Crippen LogP contribution in [0.4, 0.5) is 5.82 Å². The SMILES string of the molecule is Cc1cncc(N2CCC3(CCCCC3)C2=O)n1. The van der Waals surface area contributed by atoms with E-state index in [1.54, 1.807) is 12.4 Å². The first-order chi connectivity index (χ1) is 8.71. The quantitative estimate of drug-likeness (QED) is 0.763. The first-order valence-electron chi connectivity index (χ1n) is 6.82. The molecule has 2 aliphatic rings. The van der Waals surface area contributed by atoms with Gasteiger partial charge >= 0.3 is 0 Å². The monoisotopic (exact) mass is 245 g/mol. The van der Waals surface area contributed by atoms with Crippen LogP contribution < -0.4 is 4.90 Å². The Labute approximate surface area is 107 Å². The van der Waals surface area contributed by atoms with Gasteiger partial charge in [0.1, 0.15) is 0 Å². The average Bonchev–Trinajstić information content (AvgIpc) is 2.68. The third kappa shape index (κ3) is 1.80. The summed E-state index contributed by atoms with van der Waals surface area (Å²) in [5, 5.41) is 0. The summed E-state index contributed by atoms with van der Waals surface area (Å²) in [4.78, 5) is 23.1. The zero-order valence-corrected chi connectivity index (χ0v) is 10.9. The van der Waals surface area contributed by atoms with Crippen LogP contribution >= 0.6 is 0 Å². The van der Waals surface area contributed by atoms with Gasteiger partial charge in [-0.3, -0.25) is 14.7 Å². The molecule has 0 unspecified atom stereocenters. The van der Waals surface area contributed by atoms with Crippen molar-refractivity contribution in [2.75, 3.05) is 11.4 Å². The average molecular weight is 245 g/mol. The first kappa shape index (κ1) is 11.6. The molecule has 0 radical (unpaired) electrons. The number of hydrogen-bond acceptors (Lipinski definition) is 3. The second kappa shape index (κ2) is 4.34. The number of aryl methyl sites for hydroxylation is 1. The van der Waals surface area contributed by atoms with Crippen molar-refractivity contribution >= 4 is 11.7 Å². The number of aromatic nitrogens is 2. The van der Waals surface area contributed by atoms with Gasteiger partial charge in [-0.15, -0.1) is 0 Å².